The first kappa shape index (κ1) is 15.9. The number of rotatable bonds is 3. The second kappa shape index (κ2) is 6.67. The largest absolute Gasteiger partial charge is 0.508 e. The highest BCUT2D eigenvalue weighted by Crippen LogP contribution is 2.29. The summed E-state index contributed by atoms with van der Waals surface area (Å²) in [4.78, 5) is 16.9. The molecule has 7 heteroatoms. The molecule has 3 rings (SSSR count). The zero-order valence-corrected chi connectivity index (χ0v) is 13.7. The molecule has 4 N–H and O–H groups in total. The van der Waals surface area contributed by atoms with Gasteiger partial charge in [0.25, 0.3) is 5.91 Å². The molecule has 0 saturated carbocycles. The standard InChI is InChI=1S/C17H16N4O2S/c1-10-14(16(23)20-13-7-2-3-8-18-13)15(21-17(24)19-10)11-5-4-6-12(22)9-11/h2-9,15,22H,1H3,(H,18,20,23)(H2,19,21,24)/t15-/m1/s1. The SMILES string of the molecule is CC1=C(C(=O)Nc2ccccn2)[C@@H](c2cccc(O)c2)NC(=S)N1. The number of nitrogens with one attached hydrogen (secondary N) is 3. The summed E-state index contributed by atoms with van der Waals surface area (Å²) in [7, 11) is 0. The van der Waals surface area contributed by atoms with Crippen LogP contribution in [0, 0.1) is 0 Å². The van der Waals surface area contributed by atoms with E-state index in [2.05, 4.69) is 20.9 Å². The number of amides is 1. The number of aromatic nitrogens is 1. The molecule has 1 aliphatic rings. The second-order valence-corrected chi connectivity index (χ2v) is 5.74. The van der Waals surface area contributed by atoms with Gasteiger partial charge in [-0.3, -0.25) is 4.79 Å². The van der Waals surface area contributed by atoms with E-state index in [1.165, 1.54) is 0 Å². The number of hydrogen-bond acceptors (Lipinski definition) is 4. The third-order valence-electron chi connectivity index (χ3n) is 3.62. The summed E-state index contributed by atoms with van der Waals surface area (Å²) in [5.41, 5.74) is 1.88. The minimum Gasteiger partial charge on any atom is -0.508 e. The maximum absolute atomic E-state index is 12.8. The lowest BCUT2D eigenvalue weighted by atomic mass is 9.95. The van der Waals surface area contributed by atoms with Gasteiger partial charge in [-0.05, 0) is 49.0 Å². The third-order valence-corrected chi connectivity index (χ3v) is 3.84. The predicted octanol–water partition coefficient (Wildman–Crippen LogP) is 2.22. The van der Waals surface area contributed by atoms with E-state index < -0.39 is 6.04 Å². The summed E-state index contributed by atoms with van der Waals surface area (Å²) >= 11 is 5.20. The van der Waals surface area contributed by atoms with Crippen LogP contribution in [0.3, 0.4) is 0 Å². The highest BCUT2D eigenvalue weighted by Gasteiger charge is 2.30. The van der Waals surface area contributed by atoms with Crippen LogP contribution >= 0.6 is 12.2 Å². The van der Waals surface area contributed by atoms with Crippen molar-refractivity contribution in [3.63, 3.8) is 0 Å². The molecule has 1 amide bonds. The first-order valence-electron chi connectivity index (χ1n) is 7.34. The Hall–Kier alpha value is -2.93. The molecule has 122 valence electrons. The summed E-state index contributed by atoms with van der Waals surface area (Å²) in [5, 5.41) is 19.0. The molecule has 1 atom stereocenters. The van der Waals surface area contributed by atoms with E-state index in [9.17, 15) is 9.90 Å². The maximum Gasteiger partial charge on any atom is 0.256 e. The first-order valence-corrected chi connectivity index (χ1v) is 7.75. The number of carbonyl (C=O) groups is 1. The molecule has 0 aliphatic carbocycles. The van der Waals surface area contributed by atoms with E-state index in [0.717, 1.165) is 5.56 Å². The van der Waals surface area contributed by atoms with Crippen LogP contribution in [0.5, 0.6) is 5.75 Å². The lowest BCUT2D eigenvalue weighted by Gasteiger charge is -2.30. The Morgan fingerprint density at radius 1 is 1.29 bits per heavy atom. The molecule has 2 aromatic rings. The van der Waals surface area contributed by atoms with Crippen LogP contribution in [0.2, 0.25) is 0 Å². The molecule has 0 fully saturated rings. The number of carbonyl (C=O) groups excluding carboxylic acids is 1. The fraction of sp³-hybridized carbons (Fsp3) is 0.118. The molecule has 0 saturated heterocycles. The molecular weight excluding hydrogens is 324 g/mol. The van der Waals surface area contributed by atoms with Crippen LogP contribution in [-0.2, 0) is 4.79 Å². The zero-order valence-electron chi connectivity index (χ0n) is 12.9. The Kier molecular flexibility index (Phi) is 4.43. The number of allylic oxidation sites excluding steroid dienone is 1. The van der Waals surface area contributed by atoms with Crippen molar-refractivity contribution in [2.24, 2.45) is 0 Å². The molecule has 2 heterocycles. The van der Waals surface area contributed by atoms with Crippen molar-refractivity contribution in [2.45, 2.75) is 13.0 Å². The van der Waals surface area contributed by atoms with Crippen LogP contribution in [0.15, 0.2) is 59.9 Å². The molecule has 0 spiro atoms. The predicted molar refractivity (Wildman–Crippen MR) is 95.3 cm³/mol. The van der Waals surface area contributed by atoms with Crippen LogP contribution in [-0.4, -0.2) is 21.1 Å². The molecule has 24 heavy (non-hydrogen) atoms. The number of phenols is 1. The van der Waals surface area contributed by atoms with E-state index in [4.69, 9.17) is 12.2 Å². The fourth-order valence-electron chi connectivity index (χ4n) is 2.57. The van der Waals surface area contributed by atoms with Gasteiger partial charge in [-0.15, -0.1) is 0 Å². The van der Waals surface area contributed by atoms with Crippen molar-refractivity contribution in [3.8, 4) is 5.75 Å². The number of pyridine rings is 1. The van der Waals surface area contributed by atoms with Gasteiger partial charge in [-0.2, -0.15) is 0 Å². The number of anilines is 1. The average Bonchev–Trinajstić information content (AvgIpc) is 2.55. The van der Waals surface area contributed by atoms with Crippen LogP contribution in [0.25, 0.3) is 0 Å². The zero-order chi connectivity index (χ0) is 17.1. The van der Waals surface area contributed by atoms with E-state index in [0.29, 0.717) is 22.2 Å². The van der Waals surface area contributed by atoms with E-state index in [1.54, 1.807) is 49.5 Å². The quantitative estimate of drug-likeness (QED) is 0.641. The topological polar surface area (TPSA) is 86.3 Å². The summed E-state index contributed by atoms with van der Waals surface area (Å²) in [6.07, 6.45) is 1.61. The van der Waals surface area contributed by atoms with Gasteiger partial charge in [-0.25, -0.2) is 4.98 Å². The van der Waals surface area contributed by atoms with Crippen LogP contribution in [0.4, 0.5) is 5.82 Å². The lowest BCUT2D eigenvalue weighted by Crippen LogP contribution is -2.45. The van der Waals surface area contributed by atoms with Gasteiger partial charge in [0.2, 0.25) is 0 Å². The minimum atomic E-state index is -0.463. The second-order valence-electron chi connectivity index (χ2n) is 5.33. The van der Waals surface area contributed by atoms with Gasteiger partial charge in [0, 0.05) is 11.9 Å². The van der Waals surface area contributed by atoms with Gasteiger partial charge in [-0.1, -0.05) is 18.2 Å². The Balaban J connectivity index is 1.96. The number of thiocarbonyl (C=S) groups is 1. The molecule has 1 aliphatic heterocycles. The molecule has 0 unspecified atom stereocenters. The number of nitrogens with zero attached hydrogens (tertiary/aromatic N) is 1. The van der Waals surface area contributed by atoms with Gasteiger partial charge in [0.15, 0.2) is 5.11 Å². The summed E-state index contributed by atoms with van der Waals surface area (Å²) in [6.45, 7) is 1.79. The highest BCUT2D eigenvalue weighted by atomic mass is 32.1. The molecule has 1 aromatic heterocycles. The Morgan fingerprint density at radius 2 is 2.12 bits per heavy atom. The van der Waals surface area contributed by atoms with Crippen molar-refractivity contribution in [1.29, 1.82) is 0 Å². The molecule has 0 radical (unpaired) electrons. The third kappa shape index (κ3) is 3.36. The Morgan fingerprint density at radius 3 is 2.83 bits per heavy atom. The number of aromatic hydroxyl groups is 1. The van der Waals surface area contributed by atoms with Crippen molar-refractivity contribution in [1.82, 2.24) is 15.6 Å². The molecule has 0 bridgehead atoms. The van der Waals surface area contributed by atoms with E-state index in [1.807, 2.05) is 6.07 Å². The van der Waals surface area contributed by atoms with Crippen LogP contribution < -0.4 is 16.0 Å². The van der Waals surface area contributed by atoms with Gasteiger partial charge >= 0.3 is 0 Å². The summed E-state index contributed by atoms with van der Waals surface area (Å²) < 4.78 is 0. The Labute approximate surface area is 144 Å². The van der Waals surface area contributed by atoms with Crippen molar-refractivity contribution in [2.75, 3.05) is 5.32 Å². The van der Waals surface area contributed by atoms with Crippen molar-refractivity contribution < 1.29 is 9.90 Å². The van der Waals surface area contributed by atoms with Gasteiger partial charge < -0.3 is 21.1 Å². The first-order chi connectivity index (χ1) is 11.5. The minimum absolute atomic E-state index is 0.126. The fourth-order valence-corrected chi connectivity index (χ4v) is 2.84. The van der Waals surface area contributed by atoms with Gasteiger partial charge in [0.1, 0.15) is 11.6 Å². The summed E-state index contributed by atoms with van der Waals surface area (Å²) in [5.74, 6) is 0.300. The molecular formula is C17H16N4O2S. The number of phenolic OH excluding ortho intramolecular Hbond substituents is 1. The Bertz CT molecular complexity index is 820. The molecule has 6 nitrogen and oxygen atoms in total. The lowest BCUT2D eigenvalue weighted by molar-refractivity contribution is -0.113. The number of benzene rings is 1. The smallest absolute Gasteiger partial charge is 0.256 e. The van der Waals surface area contributed by atoms with Crippen molar-refractivity contribution >= 4 is 29.1 Å². The van der Waals surface area contributed by atoms with Crippen molar-refractivity contribution in [3.05, 3.63) is 65.5 Å². The number of hydrogen-bond donors (Lipinski definition) is 4. The monoisotopic (exact) mass is 340 g/mol. The molecule has 1 aromatic carbocycles. The normalized spacial score (nSPS) is 17.0. The van der Waals surface area contributed by atoms with Gasteiger partial charge in [0.05, 0.1) is 11.6 Å². The van der Waals surface area contributed by atoms with E-state index >= 15 is 0 Å². The summed E-state index contributed by atoms with van der Waals surface area (Å²) in [6, 6.07) is 11.6. The van der Waals surface area contributed by atoms with E-state index in [-0.39, 0.29) is 11.7 Å². The highest BCUT2D eigenvalue weighted by molar-refractivity contribution is 7.80. The average molecular weight is 340 g/mol. The van der Waals surface area contributed by atoms with Crippen LogP contribution in [0.1, 0.15) is 18.5 Å². The maximum atomic E-state index is 12.8.